The third kappa shape index (κ3) is 4.12. The van der Waals surface area contributed by atoms with Crippen LogP contribution >= 0.6 is 0 Å². The maximum absolute atomic E-state index is 11.9. The highest BCUT2D eigenvalue weighted by Crippen LogP contribution is 2.33. The van der Waals surface area contributed by atoms with E-state index in [0.29, 0.717) is 6.54 Å². The second-order valence-electron chi connectivity index (χ2n) is 4.47. The Morgan fingerprint density at radius 2 is 2.00 bits per heavy atom. The van der Waals surface area contributed by atoms with Gasteiger partial charge >= 0.3 is 6.18 Å². The molecule has 0 spiro atoms. The number of alkyl halides is 3. The van der Waals surface area contributed by atoms with Gasteiger partial charge in [-0.1, -0.05) is 6.42 Å². The SMILES string of the molecule is NCC1CCCC1C(=O)CCCC(F)(F)F. The second-order valence-corrected chi connectivity index (χ2v) is 4.47. The van der Waals surface area contributed by atoms with E-state index in [-0.39, 0.29) is 30.5 Å². The lowest BCUT2D eigenvalue weighted by molar-refractivity contribution is -0.137. The third-order valence-corrected chi connectivity index (χ3v) is 3.26. The number of hydrogen-bond donors (Lipinski definition) is 1. The van der Waals surface area contributed by atoms with E-state index in [1.165, 1.54) is 0 Å². The highest BCUT2D eigenvalue weighted by atomic mass is 19.4. The minimum absolute atomic E-state index is 0.0304. The van der Waals surface area contributed by atoms with Crippen LogP contribution in [-0.2, 0) is 4.79 Å². The largest absolute Gasteiger partial charge is 0.389 e. The summed E-state index contributed by atoms with van der Waals surface area (Å²) in [6, 6.07) is 0. The molecule has 0 aliphatic heterocycles. The fraction of sp³-hybridized carbons (Fsp3) is 0.909. The van der Waals surface area contributed by atoms with Gasteiger partial charge in [0.25, 0.3) is 0 Å². The quantitative estimate of drug-likeness (QED) is 0.798. The van der Waals surface area contributed by atoms with Crippen LogP contribution in [0.15, 0.2) is 0 Å². The molecule has 0 aromatic rings. The third-order valence-electron chi connectivity index (χ3n) is 3.26. The van der Waals surface area contributed by atoms with Gasteiger partial charge in [-0.25, -0.2) is 0 Å². The van der Waals surface area contributed by atoms with Crippen molar-refractivity contribution in [3.8, 4) is 0 Å². The van der Waals surface area contributed by atoms with Crippen molar-refractivity contribution in [1.29, 1.82) is 0 Å². The lowest BCUT2D eigenvalue weighted by atomic mass is 9.89. The molecule has 0 heterocycles. The Kier molecular flexibility index (Phi) is 4.77. The summed E-state index contributed by atoms with van der Waals surface area (Å²) in [7, 11) is 0. The molecule has 0 radical (unpaired) electrons. The van der Waals surface area contributed by atoms with Gasteiger partial charge in [0.15, 0.2) is 0 Å². The molecule has 1 aliphatic carbocycles. The molecule has 1 rings (SSSR count). The van der Waals surface area contributed by atoms with Crippen molar-refractivity contribution in [1.82, 2.24) is 0 Å². The molecule has 2 unspecified atom stereocenters. The van der Waals surface area contributed by atoms with E-state index >= 15 is 0 Å². The number of carbonyl (C=O) groups is 1. The smallest absolute Gasteiger partial charge is 0.330 e. The van der Waals surface area contributed by atoms with Crippen molar-refractivity contribution >= 4 is 5.78 Å². The molecule has 0 saturated heterocycles. The highest BCUT2D eigenvalue weighted by molar-refractivity contribution is 5.81. The number of rotatable bonds is 5. The molecule has 0 aromatic carbocycles. The first-order chi connectivity index (χ1) is 7.44. The van der Waals surface area contributed by atoms with Gasteiger partial charge in [-0.15, -0.1) is 0 Å². The fourth-order valence-electron chi connectivity index (χ4n) is 2.39. The van der Waals surface area contributed by atoms with Crippen molar-refractivity contribution in [2.45, 2.75) is 44.7 Å². The monoisotopic (exact) mass is 237 g/mol. The van der Waals surface area contributed by atoms with E-state index in [2.05, 4.69) is 0 Å². The summed E-state index contributed by atoms with van der Waals surface area (Å²) >= 11 is 0. The molecule has 1 aliphatic rings. The zero-order chi connectivity index (χ0) is 12.2. The zero-order valence-corrected chi connectivity index (χ0v) is 9.22. The molecule has 2 atom stereocenters. The van der Waals surface area contributed by atoms with E-state index in [9.17, 15) is 18.0 Å². The van der Waals surface area contributed by atoms with Crippen molar-refractivity contribution in [3.05, 3.63) is 0 Å². The fourth-order valence-corrected chi connectivity index (χ4v) is 2.39. The van der Waals surface area contributed by atoms with Gasteiger partial charge < -0.3 is 5.73 Å². The summed E-state index contributed by atoms with van der Waals surface area (Å²) in [6.45, 7) is 0.468. The van der Waals surface area contributed by atoms with Crippen molar-refractivity contribution in [2.75, 3.05) is 6.54 Å². The molecular formula is C11H18F3NO. The molecule has 0 amide bonds. The van der Waals surface area contributed by atoms with E-state index < -0.39 is 12.6 Å². The van der Waals surface area contributed by atoms with Crippen molar-refractivity contribution in [3.63, 3.8) is 0 Å². The molecule has 5 heteroatoms. The lowest BCUT2D eigenvalue weighted by Crippen LogP contribution is -2.25. The van der Waals surface area contributed by atoms with Crippen LogP contribution < -0.4 is 5.73 Å². The van der Waals surface area contributed by atoms with Gasteiger partial charge in [0.1, 0.15) is 5.78 Å². The van der Waals surface area contributed by atoms with Crippen molar-refractivity contribution in [2.24, 2.45) is 17.6 Å². The summed E-state index contributed by atoms with van der Waals surface area (Å²) in [5.74, 6) is 0.0776. The predicted octanol–water partition coefficient (Wildman–Crippen LogP) is 2.66. The number of carbonyl (C=O) groups excluding carboxylic acids is 1. The molecule has 1 saturated carbocycles. The van der Waals surface area contributed by atoms with Gasteiger partial charge in [0.05, 0.1) is 0 Å². The minimum atomic E-state index is -4.15. The molecule has 16 heavy (non-hydrogen) atoms. The summed E-state index contributed by atoms with van der Waals surface area (Å²) in [5.41, 5.74) is 5.53. The summed E-state index contributed by atoms with van der Waals surface area (Å²) in [4.78, 5) is 11.7. The molecular weight excluding hydrogens is 219 g/mol. The van der Waals surface area contributed by atoms with Gasteiger partial charge in [0, 0.05) is 18.8 Å². The molecule has 0 aromatic heterocycles. The first kappa shape index (κ1) is 13.5. The standard InChI is InChI=1S/C11H18F3NO/c12-11(13,14)6-2-5-10(16)9-4-1-3-8(9)7-15/h8-9H,1-7,15H2. The zero-order valence-electron chi connectivity index (χ0n) is 9.22. The number of nitrogens with two attached hydrogens (primary N) is 1. The Morgan fingerprint density at radius 1 is 1.31 bits per heavy atom. The van der Waals surface area contributed by atoms with Crippen LogP contribution in [0.3, 0.4) is 0 Å². The Hall–Kier alpha value is -0.580. The molecule has 2 nitrogen and oxygen atoms in total. The molecule has 1 fully saturated rings. The maximum Gasteiger partial charge on any atom is 0.389 e. The Bertz CT molecular complexity index is 240. The Balaban J connectivity index is 2.29. The van der Waals surface area contributed by atoms with Crippen LogP contribution in [0.5, 0.6) is 0 Å². The van der Waals surface area contributed by atoms with Crippen LogP contribution in [-0.4, -0.2) is 18.5 Å². The minimum Gasteiger partial charge on any atom is -0.330 e. The Morgan fingerprint density at radius 3 is 2.56 bits per heavy atom. The topological polar surface area (TPSA) is 43.1 Å². The summed E-state index contributed by atoms with van der Waals surface area (Å²) in [5, 5.41) is 0. The normalized spacial score (nSPS) is 26.0. The van der Waals surface area contributed by atoms with Crippen LogP contribution in [0, 0.1) is 11.8 Å². The van der Waals surface area contributed by atoms with E-state index in [1.807, 2.05) is 0 Å². The lowest BCUT2D eigenvalue weighted by Gasteiger charge is -2.16. The molecule has 94 valence electrons. The average Bonchev–Trinajstić information content (AvgIpc) is 2.63. The number of ketones is 1. The molecule has 0 bridgehead atoms. The van der Waals surface area contributed by atoms with Gasteiger partial charge in [-0.2, -0.15) is 13.2 Å². The first-order valence-corrected chi connectivity index (χ1v) is 5.73. The van der Waals surface area contributed by atoms with E-state index in [4.69, 9.17) is 5.73 Å². The van der Waals surface area contributed by atoms with Crippen LogP contribution in [0.25, 0.3) is 0 Å². The Labute approximate surface area is 93.4 Å². The van der Waals surface area contributed by atoms with E-state index in [0.717, 1.165) is 19.3 Å². The summed E-state index contributed by atoms with van der Waals surface area (Å²) < 4.78 is 35.7. The highest BCUT2D eigenvalue weighted by Gasteiger charge is 2.32. The number of hydrogen-bond acceptors (Lipinski definition) is 2. The number of Topliss-reactive ketones (excluding diaryl/α,β-unsaturated/α-hetero) is 1. The maximum atomic E-state index is 11.9. The number of halogens is 3. The summed E-state index contributed by atoms with van der Waals surface area (Å²) in [6.07, 6.45) is -2.35. The van der Waals surface area contributed by atoms with Crippen LogP contribution in [0.4, 0.5) is 13.2 Å². The average molecular weight is 237 g/mol. The second kappa shape index (κ2) is 5.66. The van der Waals surface area contributed by atoms with Gasteiger partial charge in [0.2, 0.25) is 0 Å². The first-order valence-electron chi connectivity index (χ1n) is 5.73. The predicted molar refractivity (Wildman–Crippen MR) is 54.8 cm³/mol. The van der Waals surface area contributed by atoms with Gasteiger partial charge in [-0.05, 0) is 31.7 Å². The molecule has 2 N–H and O–H groups in total. The van der Waals surface area contributed by atoms with Gasteiger partial charge in [-0.3, -0.25) is 4.79 Å². The van der Waals surface area contributed by atoms with Crippen LogP contribution in [0.1, 0.15) is 38.5 Å². The van der Waals surface area contributed by atoms with Crippen LogP contribution in [0.2, 0.25) is 0 Å². The van der Waals surface area contributed by atoms with Crippen molar-refractivity contribution < 1.29 is 18.0 Å². The van der Waals surface area contributed by atoms with E-state index in [1.54, 1.807) is 0 Å².